The van der Waals surface area contributed by atoms with E-state index in [0.717, 1.165) is 6.42 Å². The first-order valence-electron chi connectivity index (χ1n) is 4.90. The molecule has 0 aliphatic rings. The Morgan fingerprint density at radius 3 is 2.94 bits per heavy atom. The second-order valence-corrected chi connectivity index (χ2v) is 4.21. The molecule has 0 saturated heterocycles. The van der Waals surface area contributed by atoms with Crippen molar-refractivity contribution < 1.29 is 4.74 Å². The van der Waals surface area contributed by atoms with E-state index in [1.807, 2.05) is 12.1 Å². The van der Waals surface area contributed by atoms with Gasteiger partial charge in [0.2, 0.25) is 5.88 Å². The average molecular weight is 230 g/mol. The number of thiophene rings is 1. The van der Waals surface area contributed by atoms with Crippen molar-refractivity contribution >= 4 is 11.3 Å². The minimum atomic E-state index is 0.547. The van der Waals surface area contributed by atoms with Crippen molar-refractivity contribution in [3.8, 4) is 11.9 Å². The molecule has 0 saturated carbocycles. The number of rotatable bonds is 4. The molecule has 0 amide bonds. The highest BCUT2D eigenvalue weighted by Gasteiger charge is 1.97. The van der Waals surface area contributed by atoms with Crippen LogP contribution >= 0.6 is 11.3 Å². The summed E-state index contributed by atoms with van der Waals surface area (Å²) in [5, 5.41) is 10.7. The summed E-state index contributed by atoms with van der Waals surface area (Å²) < 4.78 is 5.46. The van der Waals surface area contributed by atoms with E-state index in [0.29, 0.717) is 18.1 Å². The summed E-state index contributed by atoms with van der Waals surface area (Å²) in [6.45, 7) is 0.611. The topological polar surface area (TPSA) is 45.9 Å². The number of ether oxygens (including phenoxy) is 1. The van der Waals surface area contributed by atoms with Gasteiger partial charge in [-0.25, -0.2) is 4.98 Å². The quantitative estimate of drug-likeness (QED) is 0.811. The smallest absolute Gasteiger partial charge is 0.213 e. The van der Waals surface area contributed by atoms with Crippen molar-refractivity contribution in [3.63, 3.8) is 0 Å². The summed E-state index contributed by atoms with van der Waals surface area (Å²) in [5.74, 6) is 0.565. The van der Waals surface area contributed by atoms with Crippen LogP contribution in [0.25, 0.3) is 0 Å². The Hall–Kier alpha value is -1.86. The maximum absolute atomic E-state index is 8.60. The molecule has 2 heterocycles. The highest BCUT2D eigenvalue weighted by molar-refractivity contribution is 7.09. The van der Waals surface area contributed by atoms with Crippen molar-refractivity contribution in [2.75, 3.05) is 6.61 Å². The molecule has 2 rings (SSSR count). The SMILES string of the molecule is N#Cc1ccc(OCCc2cccs2)nc1. The van der Waals surface area contributed by atoms with Gasteiger partial charge in [0.25, 0.3) is 0 Å². The largest absolute Gasteiger partial charge is 0.477 e. The molecule has 80 valence electrons. The molecule has 16 heavy (non-hydrogen) atoms. The molecule has 4 heteroatoms. The van der Waals surface area contributed by atoms with E-state index in [1.54, 1.807) is 23.5 Å². The summed E-state index contributed by atoms with van der Waals surface area (Å²) >= 11 is 1.72. The van der Waals surface area contributed by atoms with Crippen molar-refractivity contribution in [2.24, 2.45) is 0 Å². The van der Waals surface area contributed by atoms with E-state index in [9.17, 15) is 0 Å². The zero-order valence-electron chi connectivity index (χ0n) is 8.59. The van der Waals surface area contributed by atoms with Gasteiger partial charge in [0, 0.05) is 23.6 Å². The summed E-state index contributed by atoms with van der Waals surface area (Å²) in [7, 11) is 0. The monoisotopic (exact) mass is 230 g/mol. The van der Waals surface area contributed by atoms with Crippen molar-refractivity contribution in [1.29, 1.82) is 5.26 Å². The molecule has 0 N–H and O–H groups in total. The number of aromatic nitrogens is 1. The van der Waals surface area contributed by atoms with E-state index in [2.05, 4.69) is 16.4 Å². The van der Waals surface area contributed by atoms with Crippen molar-refractivity contribution in [2.45, 2.75) is 6.42 Å². The third-order valence-corrected chi connectivity index (χ3v) is 2.98. The van der Waals surface area contributed by atoms with Crippen LogP contribution in [0.2, 0.25) is 0 Å². The molecular weight excluding hydrogens is 220 g/mol. The molecule has 0 radical (unpaired) electrons. The van der Waals surface area contributed by atoms with Gasteiger partial charge in [-0.3, -0.25) is 0 Å². The minimum Gasteiger partial charge on any atom is -0.477 e. The number of nitrogens with zero attached hydrogens (tertiary/aromatic N) is 2. The fourth-order valence-corrected chi connectivity index (χ4v) is 1.93. The summed E-state index contributed by atoms with van der Waals surface area (Å²) in [6, 6.07) is 9.54. The summed E-state index contributed by atoms with van der Waals surface area (Å²) in [4.78, 5) is 5.33. The normalized spacial score (nSPS) is 9.69. The van der Waals surface area contributed by atoms with E-state index in [-0.39, 0.29) is 0 Å². The molecule has 3 nitrogen and oxygen atoms in total. The van der Waals surface area contributed by atoms with Gasteiger partial charge in [-0.2, -0.15) is 5.26 Å². The molecule has 0 unspecified atom stereocenters. The molecule has 2 aromatic rings. The second kappa shape index (κ2) is 5.29. The summed E-state index contributed by atoms with van der Waals surface area (Å²) in [5.41, 5.74) is 0.547. The van der Waals surface area contributed by atoms with Crippen LogP contribution in [0.4, 0.5) is 0 Å². The highest BCUT2D eigenvalue weighted by Crippen LogP contribution is 2.11. The summed E-state index contributed by atoms with van der Waals surface area (Å²) in [6.07, 6.45) is 2.40. The lowest BCUT2D eigenvalue weighted by Gasteiger charge is -2.03. The number of hydrogen-bond acceptors (Lipinski definition) is 4. The van der Waals surface area contributed by atoms with Crippen molar-refractivity contribution in [1.82, 2.24) is 4.98 Å². The second-order valence-electron chi connectivity index (χ2n) is 3.17. The Bertz CT molecular complexity index is 471. The van der Waals surface area contributed by atoms with Crippen LogP contribution in [0.1, 0.15) is 10.4 Å². The molecule has 2 aromatic heterocycles. The zero-order chi connectivity index (χ0) is 11.2. The number of nitriles is 1. The first-order chi connectivity index (χ1) is 7.88. The van der Waals surface area contributed by atoms with Gasteiger partial charge >= 0.3 is 0 Å². The minimum absolute atomic E-state index is 0.547. The molecule has 0 aromatic carbocycles. The van der Waals surface area contributed by atoms with Gasteiger partial charge in [0.15, 0.2) is 0 Å². The van der Waals surface area contributed by atoms with Gasteiger partial charge in [-0.05, 0) is 17.5 Å². The lowest BCUT2D eigenvalue weighted by molar-refractivity contribution is 0.310. The standard InChI is InChI=1S/C12H10N2OS/c13-8-10-3-4-12(14-9-10)15-6-5-11-2-1-7-16-11/h1-4,7,9H,5-6H2. The Balaban J connectivity index is 1.83. The van der Waals surface area contributed by atoms with E-state index in [4.69, 9.17) is 10.00 Å². The van der Waals surface area contributed by atoms with Crippen LogP contribution in [-0.2, 0) is 6.42 Å². The fourth-order valence-electron chi connectivity index (χ4n) is 1.24. The number of hydrogen-bond donors (Lipinski definition) is 0. The van der Waals surface area contributed by atoms with Gasteiger partial charge in [0.1, 0.15) is 6.07 Å². The van der Waals surface area contributed by atoms with Gasteiger partial charge in [-0.1, -0.05) is 6.07 Å². The van der Waals surface area contributed by atoms with E-state index < -0.39 is 0 Å². The molecule has 0 bridgehead atoms. The van der Waals surface area contributed by atoms with Crippen LogP contribution in [0.15, 0.2) is 35.8 Å². The zero-order valence-corrected chi connectivity index (χ0v) is 9.41. The Kier molecular flexibility index (Phi) is 3.52. The van der Waals surface area contributed by atoms with Crippen LogP contribution in [0.3, 0.4) is 0 Å². The highest BCUT2D eigenvalue weighted by atomic mass is 32.1. The van der Waals surface area contributed by atoms with Gasteiger partial charge in [0.05, 0.1) is 12.2 Å². The Morgan fingerprint density at radius 1 is 1.38 bits per heavy atom. The number of pyridine rings is 1. The lowest BCUT2D eigenvalue weighted by Crippen LogP contribution is -2.01. The Labute approximate surface area is 97.9 Å². The molecule has 0 fully saturated rings. The predicted octanol–water partition coefficient (Wildman–Crippen LogP) is 2.64. The molecule has 0 atom stereocenters. The van der Waals surface area contributed by atoms with E-state index >= 15 is 0 Å². The molecule has 0 aliphatic carbocycles. The van der Waals surface area contributed by atoms with Crippen LogP contribution in [0.5, 0.6) is 5.88 Å². The van der Waals surface area contributed by atoms with Gasteiger partial charge < -0.3 is 4.74 Å². The first-order valence-corrected chi connectivity index (χ1v) is 5.78. The molecule has 0 aliphatic heterocycles. The van der Waals surface area contributed by atoms with E-state index in [1.165, 1.54) is 11.1 Å². The third kappa shape index (κ3) is 2.81. The van der Waals surface area contributed by atoms with Crippen LogP contribution in [0, 0.1) is 11.3 Å². The lowest BCUT2D eigenvalue weighted by atomic mass is 10.3. The maximum atomic E-state index is 8.60. The third-order valence-electron chi connectivity index (χ3n) is 2.04. The van der Waals surface area contributed by atoms with Crippen LogP contribution < -0.4 is 4.74 Å². The maximum Gasteiger partial charge on any atom is 0.213 e. The first kappa shape index (κ1) is 10.7. The fraction of sp³-hybridized carbons (Fsp3) is 0.167. The van der Waals surface area contributed by atoms with Crippen LogP contribution in [-0.4, -0.2) is 11.6 Å². The van der Waals surface area contributed by atoms with Gasteiger partial charge in [-0.15, -0.1) is 11.3 Å². The van der Waals surface area contributed by atoms with Crippen molar-refractivity contribution in [3.05, 3.63) is 46.3 Å². The molecular formula is C12H10N2OS. The Morgan fingerprint density at radius 2 is 2.31 bits per heavy atom. The molecule has 0 spiro atoms. The average Bonchev–Trinajstić information content (AvgIpc) is 2.83. The predicted molar refractivity (Wildman–Crippen MR) is 62.5 cm³/mol.